The summed E-state index contributed by atoms with van der Waals surface area (Å²) < 4.78 is 21.8. The molecular weight excluding hydrogens is 226 g/mol. The number of hydrogen-bond donors (Lipinski definition) is 1. The van der Waals surface area contributed by atoms with E-state index < -0.39 is 9.84 Å². The fourth-order valence-electron chi connectivity index (χ4n) is 2.15. The minimum absolute atomic E-state index is 0.116. The SMILES string of the molecule is CS(=O)(=O)CCCC(=O)C1CCC(N)CC1. The highest BCUT2D eigenvalue weighted by atomic mass is 32.2. The van der Waals surface area contributed by atoms with E-state index >= 15 is 0 Å². The zero-order valence-electron chi connectivity index (χ0n) is 9.81. The van der Waals surface area contributed by atoms with E-state index in [4.69, 9.17) is 5.73 Å². The van der Waals surface area contributed by atoms with Crippen molar-refractivity contribution in [1.29, 1.82) is 0 Å². The molecule has 0 amide bonds. The molecule has 0 heterocycles. The van der Waals surface area contributed by atoms with Crippen molar-refractivity contribution in [3.05, 3.63) is 0 Å². The van der Waals surface area contributed by atoms with Crippen LogP contribution in [0.15, 0.2) is 0 Å². The lowest BCUT2D eigenvalue weighted by Crippen LogP contribution is -2.29. The Kier molecular flexibility index (Phi) is 4.92. The Morgan fingerprint density at radius 2 is 1.81 bits per heavy atom. The standard InChI is InChI=1S/C11H21NO3S/c1-16(14,15)8-2-3-11(13)9-4-6-10(12)7-5-9/h9-10H,2-8,12H2,1H3. The van der Waals surface area contributed by atoms with Gasteiger partial charge >= 0.3 is 0 Å². The predicted octanol–water partition coefficient (Wildman–Crippen LogP) is 0.898. The largest absolute Gasteiger partial charge is 0.328 e. The van der Waals surface area contributed by atoms with Crippen LogP contribution in [0.2, 0.25) is 0 Å². The van der Waals surface area contributed by atoms with Crippen molar-refractivity contribution >= 4 is 15.6 Å². The van der Waals surface area contributed by atoms with Crippen molar-refractivity contribution in [3.63, 3.8) is 0 Å². The molecule has 0 aromatic carbocycles. The summed E-state index contributed by atoms with van der Waals surface area (Å²) >= 11 is 0. The highest BCUT2D eigenvalue weighted by Crippen LogP contribution is 2.25. The zero-order valence-corrected chi connectivity index (χ0v) is 10.6. The van der Waals surface area contributed by atoms with Crippen molar-refractivity contribution in [2.75, 3.05) is 12.0 Å². The summed E-state index contributed by atoms with van der Waals surface area (Å²) in [6, 6.07) is 0.250. The topological polar surface area (TPSA) is 77.2 Å². The van der Waals surface area contributed by atoms with Crippen LogP contribution < -0.4 is 5.73 Å². The Morgan fingerprint density at radius 3 is 2.31 bits per heavy atom. The van der Waals surface area contributed by atoms with Gasteiger partial charge in [0.15, 0.2) is 0 Å². The first kappa shape index (κ1) is 13.6. The van der Waals surface area contributed by atoms with Gasteiger partial charge in [0.25, 0.3) is 0 Å². The molecule has 4 nitrogen and oxygen atoms in total. The van der Waals surface area contributed by atoms with E-state index in [1.807, 2.05) is 0 Å². The molecule has 0 aromatic rings. The fraction of sp³-hybridized carbons (Fsp3) is 0.909. The van der Waals surface area contributed by atoms with Crippen LogP contribution in [0.3, 0.4) is 0 Å². The summed E-state index contributed by atoms with van der Waals surface area (Å²) in [5.74, 6) is 0.459. The highest BCUT2D eigenvalue weighted by Gasteiger charge is 2.24. The molecule has 0 spiro atoms. The van der Waals surface area contributed by atoms with E-state index in [9.17, 15) is 13.2 Å². The Balaban J connectivity index is 2.25. The molecule has 1 rings (SSSR count). The second kappa shape index (κ2) is 5.77. The molecule has 2 N–H and O–H groups in total. The van der Waals surface area contributed by atoms with Crippen LogP contribution in [0.1, 0.15) is 38.5 Å². The Bertz CT molecular complexity index is 329. The van der Waals surface area contributed by atoms with Gasteiger partial charge in [-0.3, -0.25) is 4.79 Å². The summed E-state index contributed by atoms with van der Waals surface area (Å²) in [5, 5.41) is 0. The lowest BCUT2D eigenvalue weighted by atomic mass is 9.83. The maximum atomic E-state index is 11.8. The molecule has 0 saturated heterocycles. The number of hydrogen-bond acceptors (Lipinski definition) is 4. The monoisotopic (exact) mass is 247 g/mol. The number of carbonyl (C=O) groups is 1. The van der Waals surface area contributed by atoms with Gasteiger partial charge in [0.1, 0.15) is 15.6 Å². The number of rotatable bonds is 5. The fourth-order valence-corrected chi connectivity index (χ4v) is 2.82. The summed E-state index contributed by atoms with van der Waals surface area (Å²) in [7, 11) is -2.93. The van der Waals surface area contributed by atoms with Crippen molar-refractivity contribution < 1.29 is 13.2 Å². The third-order valence-corrected chi connectivity index (χ3v) is 4.20. The van der Waals surface area contributed by atoms with Gasteiger partial charge in [-0.1, -0.05) is 0 Å². The molecule has 1 saturated carbocycles. The lowest BCUT2D eigenvalue weighted by molar-refractivity contribution is -0.123. The quantitative estimate of drug-likeness (QED) is 0.783. The molecule has 5 heteroatoms. The summed E-state index contributed by atoms with van der Waals surface area (Å²) in [6.07, 6.45) is 5.65. The van der Waals surface area contributed by atoms with Gasteiger partial charge in [-0.05, 0) is 32.1 Å². The van der Waals surface area contributed by atoms with Gasteiger partial charge in [0.05, 0.1) is 5.75 Å². The van der Waals surface area contributed by atoms with Crippen molar-refractivity contribution in [2.45, 2.75) is 44.6 Å². The number of ketones is 1. The minimum atomic E-state index is -2.93. The van der Waals surface area contributed by atoms with Crippen molar-refractivity contribution in [3.8, 4) is 0 Å². The van der Waals surface area contributed by atoms with E-state index in [1.54, 1.807) is 0 Å². The Labute approximate surface area is 97.5 Å². The first-order chi connectivity index (χ1) is 7.38. The first-order valence-corrected chi connectivity index (χ1v) is 7.90. The van der Waals surface area contributed by atoms with Crippen LogP contribution in [0, 0.1) is 5.92 Å². The molecule has 1 aliphatic rings. The predicted molar refractivity (Wildman–Crippen MR) is 63.9 cm³/mol. The number of Topliss-reactive ketones (excluding diaryl/α,β-unsaturated/α-hetero) is 1. The minimum Gasteiger partial charge on any atom is -0.328 e. The number of nitrogens with two attached hydrogens (primary N) is 1. The molecular formula is C11H21NO3S. The van der Waals surface area contributed by atoms with E-state index in [1.165, 1.54) is 6.26 Å². The summed E-state index contributed by atoms with van der Waals surface area (Å²) in [5.41, 5.74) is 5.76. The summed E-state index contributed by atoms with van der Waals surface area (Å²) in [4.78, 5) is 11.8. The highest BCUT2D eigenvalue weighted by molar-refractivity contribution is 7.90. The third kappa shape index (κ3) is 5.07. The van der Waals surface area contributed by atoms with Gasteiger partial charge < -0.3 is 5.73 Å². The molecule has 94 valence electrons. The van der Waals surface area contributed by atoms with Crippen LogP contribution in [0.5, 0.6) is 0 Å². The van der Waals surface area contributed by atoms with Gasteiger partial charge in [-0.2, -0.15) is 0 Å². The van der Waals surface area contributed by atoms with Crippen LogP contribution in [0.25, 0.3) is 0 Å². The maximum Gasteiger partial charge on any atom is 0.147 e. The van der Waals surface area contributed by atoms with Crippen LogP contribution in [-0.4, -0.2) is 32.3 Å². The first-order valence-electron chi connectivity index (χ1n) is 5.84. The van der Waals surface area contributed by atoms with Gasteiger partial charge in [0.2, 0.25) is 0 Å². The van der Waals surface area contributed by atoms with Gasteiger partial charge in [-0.25, -0.2) is 8.42 Å². The molecule has 0 atom stereocenters. The van der Waals surface area contributed by atoms with Crippen molar-refractivity contribution in [1.82, 2.24) is 0 Å². The van der Waals surface area contributed by atoms with Crippen LogP contribution >= 0.6 is 0 Å². The molecule has 0 aromatic heterocycles. The molecule has 0 radical (unpaired) electrons. The smallest absolute Gasteiger partial charge is 0.147 e. The van der Waals surface area contributed by atoms with E-state index in [0.717, 1.165) is 25.7 Å². The van der Waals surface area contributed by atoms with Gasteiger partial charge in [-0.15, -0.1) is 0 Å². The van der Waals surface area contributed by atoms with Crippen LogP contribution in [-0.2, 0) is 14.6 Å². The second-order valence-corrected chi connectivity index (χ2v) is 7.07. The molecule has 1 fully saturated rings. The molecule has 0 aliphatic heterocycles. The third-order valence-electron chi connectivity index (χ3n) is 3.17. The molecule has 0 unspecified atom stereocenters. The second-order valence-electron chi connectivity index (χ2n) is 4.81. The normalized spacial score (nSPS) is 26.6. The summed E-state index contributed by atoms with van der Waals surface area (Å²) in [6.45, 7) is 0. The van der Waals surface area contributed by atoms with E-state index in [-0.39, 0.29) is 23.5 Å². The van der Waals surface area contributed by atoms with E-state index in [0.29, 0.717) is 12.8 Å². The molecule has 0 bridgehead atoms. The maximum absolute atomic E-state index is 11.8. The zero-order chi connectivity index (χ0) is 12.2. The van der Waals surface area contributed by atoms with Gasteiger partial charge in [0, 0.05) is 24.6 Å². The average molecular weight is 247 g/mol. The Hall–Kier alpha value is -0.420. The molecule has 16 heavy (non-hydrogen) atoms. The van der Waals surface area contributed by atoms with E-state index in [2.05, 4.69) is 0 Å². The average Bonchev–Trinajstić information content (AvgIpc) is 2.16. The number of sulfone groups is 1. The lowest BCUT2D eigenvalue weighted by Gasteiger charge is -2.24. The number of carbonyl (C=O) groups excluding carboxylic acids is 1. The Morgan fingerprint density at radius 1 is 1.25 bits per heavy atom. The van der Waals surface area contributed by atoms with Crippen molar-refractivity contribution in [2.24, 2.45) is 11.7 Å². The van der Waals surface area contributed by atoms with Crippen LogP contribution in [0.4, 0.5) is 0 Å². The molecule has 1 aliphatic carbocycles.